The van der Waals surface area contributed by atoms with Crippen LogP contribution in [0.1, 0.15) is 0 Å². The molecular formula is C12H13N3O6S. The van der Waals surface area contributed by atoms with Gasteiger partial charge in [-0.05, 0) is 12.1 Å². The summed E-state index contributed by atoms with van der Waals surface area (Å²) in [7, 11) is -1.43. The van der Waals surface area contributed by atoms with Crippen LogP contribution in [-0.4, -0.2) is 32.6 Å². The van der Waals surface area contributed by atoms with Gasteiger partial charge in [0.05, 0.1) is 19.9 Å². The number of sulfonamides is 1. The van der Waals surface area contributed by atoms with E-state index in [0.29, 0.717) is 5.75 Å². The monoisotopic (exact) mass is 327 g/mol. The standard InChI is InChI=1S/C12H13N3O6S/c1-20-7-3-4-9(21-2)8(5-7)15-22(18,19)10-6-13-12(17)14-11(10)16/h3-6,15H,1-2H3,(H2,13,14,16,17). The minimum absolute atomic E-state index is 0.0902. The first-order valence-corrected chi connectivity index (χ1v) is 7.42. The maximum absolute atomic E-state index is 12.3. The van der Waals surface area contributed by atoms with Gasteiger partial charge < -0.3 is 14.5 Å². The summed E-state index contributed by atoms with van der Waals surface area (Å²) in [5, 5.41) is 0. The smallest absolute Gasteiger partial charge is 0.325 e. The lowest BCUT2D eigenvalue weighted by Crippen LogP contribution is -2.29. The van der Waals surface area contributed by atoms with Crippen molar-refractivity contribution in [1.82, 2.24) is 9.97 Å². The van der Waals surface area contributed by atoms with Gasteiger partial charge in [0.1, 0.15) is 11.5 Å². The summed E-state index contributed by atoms with van der Waals surface area (Å²) >= 11 is 0. The van der Waals surface area contributed by atoms with Crippen LogP contribution in [0.2, 0.25) is 0 Å². The number of aromatic amines is 2. The van der Waals surface area contributed by atoms with E-state index < -0.39 is 26.2 Å². The Balaban J connectivity index is 2.49. The maximum Gasteiger partial charge on any atom is 0.325 e. The van der Waals surface area contributed by atoms with E-state index in [0.717, 1.165) is 6.20 Å². The maximum atomic E-state index is 12.3. The summed E-state index contributed by atoms with van der Waals surface area (Å²) in [4.78, 5) is 25.9. The van der Waals surface area contributed by atoms with Crippen molar-refractivity contribution < 1.29 is 17.9 Å². The van der Waals surface area contributed by atoms with Crippen molar-refractivity contribution in [3.8, 4) is 11.5 Å². The number of benzene rings is 1. The summed E-state index contributed by atoms with van der Waals surface area (Å²) in [6.45, 7) is 0. The Morgan fingerprint density at radius 2 is 1.86 bits per heavy atom. The van der Waals surface area contributed by atoms with Gasteiger partial charge in [-0.25, -0.2) is 13.2 Å². The molecule has 0 aliphatic heterocycles. The molecular weight excluding hydrogens is 314 g/mol. The molecule has 0 bridgehead atoms. The van der Waals surface area contributed by atoms with Crippen LogP contribution < -0.4 is 25.4 Å². The number of hydrogen-bond acceptors (Lipinski definition) is 6. The van der Waals surface area contributed by atoms with Crippen LogP contribution in [0.4, 0.5) is 5.69 Å². The molecule has 1 aromatic heterocycles. The first-order chi connectivity index (χ1) is 10.4. The molecule has 10 heteroatoms. The number of anilines is 1. The number of ether oxygens (including phenoxy) is 2. The van der Waals surface area contributed by atoms with Gasteiger partial charge in [0.25, 0.3) is 15.6 Å². The zero-order valence-electron chi connectivity index (χ0n) is 11.7. The summed E-state index contributed by atoms with van der Waals surface area (Å²) in [6, 6.07) is 4.49. The Morgan fingerprint density at radius 1 is 1.14 bits per heavy atom. The van der Waals surface area contributed by atoms with Gasteiger partial charge in [-0.15, -0.1) is 0 Å². The van der Waals surface area contributed by atoms with Gasteiger partial charge in [0.2, 0.25) is 0 Å². The number of methoxy groups -OCH3 is 2. The van der Waals surface area contributed by atoms with E-state index in [2.05, 4.69) is 9.71 Å². The molecule has 0 saturated carbocycles. The molecule has 0 saturated heterocycles. The van der Waals surface area contributed by atoms with Crippen molar-refractivity contribution in [1.29, 1.82) is 0 Å². The minimum atomic E-state index is -4.22. The molecule has 1 heterocycles. The number of aromatic nitrogens is 2. The zero-order chi connectivity index (χ0) is 16.3. The average molecular weight is 327 g/mol. The van der Waals surface area contributed by atoms with Crippen LogP contribution >= 0.6 is 0 Å². The molecule has 2 aromatic rings. The molecule has 2 rings (SSSR count). The largest absolute Gasteiger partial charge is 0.497 e. The SMILES string of the molecule is COc1ccc(OC)c(NS(=O)(=O)c2c[nH]c(=O)[nH]c2=O)c1. The highest BCUT2D eigenvalue weighted by Crippen LogP contribution is 2.30. The number of hydrogen-bond donors (Lipinski definition) is 3. The van der Waals surface area contributed by atoms with Crippen molar-refractivity contribution in [2.75, 3.05) is 18.9 Å². The molecule has 3 N–H and O–H groups in total. The van der Waals surface area contributed by atoms with Crippen molar-refractivity contribution in [3.05, 3.63) is 45.2 Å². The van der Waals surface area contributed by atoms with E-state index in [4.69, 9.17) is 9.47 Å². The molecule has 22 heavy (non-hydrogen) atoms. The number of rotatable bonds is 5. The topological polar surface area (TPSA) is 130 Å². The fraction of sp³-hybridized carbons (Fsp3) is 0.167. The first kappa shape index (κ1) is 15.6. The quantitative estimate of drug-likeness (QED) is 0.702. The van der Waals surface area contributed by atoms with Crippen LogP contribution in [-0.2, 0) is 10.0 Å². The zero-order valence-corrected chi connectivity index (χ0v) is 12.5. The predicted molar refractivity (Wildman–Crippen MR) is 78.0 cm³/mol. The Hall–Kier alpha value is -2.75. The second kappa shape index (κ2) is 5.93. The molecule has 0 spiro atoms. The molecule has 0 unspecified atom stereocenters. The van der Waals surface area contributed by atoms with E-state index in [1.165, 1.54) is 26.4 Å². The van der Waals surface area contributed by atoms with E-state index in [1.807, 2.05) is 4.98 Å². The van der Waals surface area contributed by atoms with E-state index in [9.17, 15) is 18.0 Å². The van der Waals surface area contributed by atoms with Gasteiger partial charge in [-0.2, -0.15) is 0 Å². The van der Waals surface area contributed by atoms with Crippen LogP contribution in [0.15, 0.2) is 38.9 Å². The van der Waals surface area contributed by atoms with Crippen LogP contribution in [0.3, 0.4) is 0 Å². The van der Waals surface area contributed by atoms with Crippen molar-refractivity contribution in [3.63, 3.8) is 0 Å². The fourth-order valence-electron chi connectivity index (χ4n) is 1.69. The number of H-pyrrole nitrogens is 2. The molecule has 9 nitrogen and oxygen atoms in total. The summed E-state index contributed by atoms with van der Waals surface area (Å²) < 4.78 is 36.8. The van der Waals surface area contributed by atoms with Gasteiger partial charge in [-0.1, -0.05) is 0 Å². The Kier molecular flexibility index (Phi) is 4.22. The van der Waals surface area contributed by atoms with Gasteiger partial charge in [0, 0.05) is 12.3 Å². The molecule has 0 fully saturated rings. The van der Waals surface area contributed by atoms with Crippen LogP contribution in [0, 0.1) is 0 Å². The minimum Gasteiger partial charge on any atom is -0.497 e. The lowest BCUT2D eigenvalue weighted by atomic mass is 10.3. The Labute approximate surface area is 125 Å². The summed E-state index contributed by atoms with van der Waals surface area (Å²) in [5.74, 6) is 0.638. The molecule has 0 atom stereocenters. The molecule has 0 amide bonds. The Bertz CT molecular complexity index is 900. The molecule has 118 valence electrons. The second-order valence-electron chi connectivity index (χ2n) is 4.11. The predicted octanol–water partition coefficient (Wildman–Crippen LogP) is -0.119. The molecule has 1 aromatic carbocycles. The van der Waals surface area contributed by atoms with Crippen LogP contribution in [0.25, 0.3) is 0 Å². The Morgan fingerprint density at radius 3 is 2.45 bits per heavy atom. The third kappa shape index (κ3) is 3.11. The lowest BCUT2D eigenvalue weighted by molar-refractivity contribution is 0.405. The molecule has 0 aliphatic carbocycles. The number of nitrogens with one attached hydrogen (secondary N) is 3. The van der Waals surface area contributed by atoms with Gasteiger partial charge in [0.15, 0.2) is 4.90 Å². The molecule has 0 radical (unpaired) electrons. The lowest BCUT2D eigenvalue weighted by Gasteiger charge is -2.12. The molecule has 0 aliphatic rings. The van der Waals surface area contributed by atoms with Gasteiger partial charge in [-0.3, -0.25) is 14.5 Å². The first-order valence-electron chi connectivity index (χ1n) is 5.94. The van der Waals surface area contributed by atoms with Gasteiger partial charge >= 0.3 is 5.69 Å². The highest BCUT2D eigenvalue weighted by atomic mass is 32.2. The summed E-state index contributed by atoms with van der Waals surface area (Å²) in [6.07, 6.45) is 0.816. The normalized spacial score (nSPS) is 11.0. The third-order valence-corrected chi connectivity index (χ3v) is 4.10. The third-order valence-electron chi connectivity index (χ3n) is 2.73. The van der Waals surface area contributed by atoms with Crippen molar-refractivity contribution in [2.45, 2.75) is 4.90 Å². The van der Waals surface area contributed by atoms with Crippen molar-refractivity contribution in [2.24, 2.45) is 0 Å². The second-order valence-corrected chi connectivity index (χ2v) is 5.76. The highest BCUT2D eigenvalue weighted by Gasteiger charge is 2.21. The summed E-state index contributed by atoms with van der Waals surface area (Å²) in [5.41, 5.74) is -1.74. The van der Waals surface area contributed by atoms with E-state index in [1.54, 1.807) is 6.07 Å². The average Bonchev–Trinajstić information content (AvgIpc) is 2.46. The fourth-order valence-corrected chi connectivity index (χ4v) is 2.76. The van der Waals surface area contributed by atoms with E-state index in [-0.39, 0.29) is 11.4 Å². The highest BCUT2D eigenvalue weighted by molar-refractivity contribution is 7.92. The van der Waals surface area contributed by atoms with E-state index >= 15 is 0 Å². The van der Waals surface area contributed by atoms with Crippen LogP contribution in [0.5, 0.6) is 11.5 Å². The van der Waals surface area contributed by atoms with Crippen molar-refractivity contribution >= 4 is 15.7 Å².